The molecule has 0 aliphatic rings. The van der Waals surface area contributed by atoms with Gasteiger partial charge in [-0.3, -0.25) is 4.79 Å². The molecule has 31 heavy (non-hydrogen) atoms. The predicted molar refractivity (Wildman–Crippen MR) is 114 cm³/mol. The fraction of sp³-hybridized carbons (Fsp3) is 0.182. The second-order valence-electron chi connectivity index (χ2n) is 6.37. The first-order chi connectivity index (χ1) is 14.9. The van der Waals surface area contributed by atoms with Crippen LogP contribution in [0, 0.1) is 6.92 Å². The molecule has 0 unspecified atom stereocenters. The molecule has 0 bridgehead atoms. The molecule has 0 aliphatic carbocycles. The Balaban J connectivity index is 1.47. The Labute approximate surface area is 182 Å². The van der Waals surface area contributed by atoms with Gasteiger partial charge in [-0.25, -0.2) is 14.6 Å². The largest absolute Gasteiger partial charge is 0.487 e. The molecule has 0 atom stereocenters. The second-order valence-corrected chi connectivity index (χ2v) is 7.43. The van der Waals surface area contributed by atoms with Crippen LogP contribution in [-0.2, 0) is 20.9 Å². The van der Waals surface area contributed by atoms with E-state index in [1.807, 2.05) is 12.3 Å². The third kappa shape index (κ3) is 6.38. The minimum Gasteiger partial charge on any atom is -0.487 e. The third-order valence-corrected chi connectivity index (χ3v) is 4.87. The van der Waals surface area contributed by atoms with Gasteiger partial charge in [0.1, 0.15) is 12.4 Å². The van der Waals surface area contributed by atoms with Crippen LogP contribution in [-0.4, -0.2) is 36.5 Å². The van der Waals surface area contributed by atoms with Gasteiger partial charge in [0.05, 0.1) is 28.9 Å². The number of aryl methyl sites for hydroxylation is 1. The first kappa shape index (κ1) is 22.0. The molecular weight excluding hydrogens is 420 g/mol. The van der Waals surface area contributed by atoms with Crippen molar-refractivity contribution in [2.45, 2.75) is 13.5 Å². The number of methoxy groups -OCH3 is 1. The fourth-order valence-corrected chi connectivity index (χ4v) is 3.17. The molecule has 0 aliphatic heterocycles. The van der Waals surface area contributed by atoms with Gasteiger partial charge in [0.25, 0.3) is 5.91 Å². The molecule has 1 N–H and O–H groups in total. The van der Waals surface area contributed by atoms with Crippen molar-refractivity contribution in [3.63, 3.8) is 0 Å². The van der Waals surface area contributed by atoms with Crippen molar-refractivity contribution in [3.8, 4) is 5.75 Å². The number of hydrogen-bond acceptors (Lipinski definition) is 8. The molecule has 0 fully saturated rings. The summed E-state index contributed by atoms with van der Waals surface area (Å²) >= 11 is 1.55. The Morgan fingerprint density at radius 3 is 2.48 bits per heavy atom. The lowest BCUT2D eigenvalue weighted by Gasteiger charge is -2.08. The van der Waals surface area contributed by atoms with E-state index in [0.717, 1.165) is 10.7 Å². The summed E-state index contributed by atoms with van der Waals surface area (Å²) in [5.41, 5.74) is 1.82. The van der Waals surface area contributed by atoms with Crippen molar-refractivity contribution in [1.82, 2.24) is 4.98 Å². The first-order valence-electron chi connectivity index (χ1n) is 9.24. The normalized spacial score (nSPS) is 10.3. The monoisotopic (exact) mass is 440 g/mol. The van der Waals surface area contributed by atoms with Crippen molar-refractivity contribution < 1.29 is 28.6 Å². The number of esters is 2. The Hall–Kier alpha value is -3.72. The van der Waals surface area contributed by atoms with E-state index in [-0.39, 0.29) is 5.56 Å². The standard InChI is InChI=1S/C22H20N2O6S/c1-14-23-18(13-31-14)11-29-19-8-6-15(7-9-19)22(27)30-12-20(25)24-17-5-3-4-16(10-17)21(26)28-2/h3-10,13H,11-12H2,1-2H3,(H,24,25). The number of rotatable bonds is 8. The lowest BCUT2D eigenvalue weighted by molar-refractivity contribution is -0.119. The SMILES string of the molecule is COC(=O)c1cccc(NC(=O)COC(=O)c2ccc(OCc3csc(C)n3)cc2)c1. The van der Waals surface area contributed by atoms with E-state index >= 15 is 0 Å². The number of carbonyl (C=O) groups excluding carboxylic acids is 3. The van der Waals surface area contributed by atoms with E-state index in [1.165, 1.54) is 13.2 Å². The number of amides is 1. The van der Waals surface area contributed by atoms with Crippen molar-refractivity contribution in [2.24, 2.45) is 0 Å². The van der Waals surface area contributed by atoms with Gasteiger partial charge in [-0.05, 0) is 49.4 Å². The van der Waals surface area contributed by atoms with Crippen LogP contribution in [0.1, 0.15) is 31.4 Å². The first-order valence-corrected chi connectivity index (χ1v) is 10.1. The number of anilines is 1. The summed E-state index contributed by atoms with van der Waals surface area (Å²) in [5.74, 6) is -1.10. The van der Waals surface area contributed by atoms with Gasteiger partial charge in [0.15, 0.2) is 6.61 Å². The number of nitrogens with one attached hydrogen (secondary N) is 1. The van der Waals surface area contributed by atoms with Gasteiger partial charge in [-0.15, -0.1) is 11.3 Å². The van der Waals surface area contributed by atoms with Crippen molar-refractivity contribution in [2.75, 3.05) is 19.0 Å². The maximum absolute atomic E-state index is 12.2. The average molecular weight is 440 g/mol. The van der Waals surface area contributed by atoms with E-state index in [4.69, 9.17) is 9.47 Å². The molecule has 1 aromatic heterocycles. The van der Waals surface area contributed by atoms with Gasteiger partial charge in [0, 0.05) is 11.1 Å². The van der Waals surface area contributed by atoms with E-state index in [0.29, 0.717) is 23.6 Å². The zero-order chi connectivity index (χ0) is 22.2. The summed E-state index contributed by atoms with van der Waals surface area (Å²) < 4.78 is 15.3. The topological polar surface area (TPSA) is 104 Å². The minimum absolute atomic E-state index is 0.289. The minimum atomic E-state index is -0.639. The molecule has 3 rings (SSSR count). The molecule has 1 amide bonds. The molecule has 0 saturated carbocycles. The highest BCUT2D eigenvalue weighted by Gasteiger charge is 2.12. The van der Waals surface area contributed by atoms with Crippen LogP contribution < -0.4 is 10.1 Å². The molecule has 9 heteroatoms. The van der Waals surface area contributed by atoms with E-state index < -0.39 is 24.5 Å². The quantitative estimate of drug-likeness (QED) is 0.534. The van der Waals surface area contributed by atoms with Crippen molar-refractivity contribution >= 4 is 34.9 Å². The second kappa shape index (κ2) is 10.4. The van der Waals surface area contributed by atoms with Crippen LogP contribution in [0.3, 0.4) is 0 Å². The predicted octanol–water partition coefficient (Wildman–Crippen LogP) is 3.61. The van der Waals surface area contributed by atoms with E-state index in [9.17, 15) is 14.4 Å². The maximum atomic E-state index is 12.2. The highest BCUT2D eigenvalue weighted by molar-refractivity contribution is 7.09. The summed E-state index contributed by atoms with van der Waals surface area (Å²) in [6.07, 6.45) is 0. The number of carbonyl (C=O) groups is 3. The van der Waals surface area contributed by atoms with Crippen LogP contribution in [0.25, 0.3) is 0 Å². The number of benzene rings is 2. The Kier molecular flexibility index (Phi) is 7.34. The zero-order valence-electron chi connectivity index (χ0n) is 16.9. The molecule has 0 saturated heterocycles. The maximum Gasteiger partial charge on any atom is 0.338 e. The molecule has 0 radical (unpaired) electrons. The highest BCUT2D eigenvalue weighted by Crippen LogP contribution is 2.16. The van der Waals surface area contributed by atoms with Gasteiger partial charge in [0.2, 0.25) is 0 Å². The van der Waals surface area contributed by atoms with Gasteiger partial charge >= 0.3 is 11.9 Å². The summed E-state index contributed by atoms with van der Waals surface area (Å²) in [6, 6.07) is 12.7. The summed E-state index contributed by atoms with van der Waals surface area (Å²) in [6.45, 7) is 1.79. The van der Waals surface area contributed by atoms with E-state index in [1.54, 1.807) is 53.8 Å². The number of hydrogen-bond donors (Lipinski definition) is 1. The van der Waals surface area contributed by atoms with Crippen LogP contribution in [0.15, 0.2) is 53.9 Å². The van der Waals surface area contributed by atoms with Crippen LogP contribution >= 0.6 is 11.3 Å². The molecule has 3 aromatic rings. The number of nitrogens with zero attached hydrogens (tertiary/aromatic N) is 1. The summed E-state index contributed by atoms with van der Waals surface area (Å²) in [5, 5.41) is 5.46. The number of thiazole rings is 1. The zero-order valence-corrected chi connectivity index (χ0v) is 17.7. The van der Waals surface area contributed by atoms with Crippen LogP contribution in [0.5, 0.6) is 5.75 Å². The number of aromatic nitrogens is 1. The van der Waals surface area contributed by atoms with Crippen molar-refractivity contribution in [3.05, 3.63) is 75.7 Å². The summed E-state index contributed by atoms with van der Waals surface area (Å²) in [7, 11) is 1.27. The van der Waals surface area contributed by atoms with Gasteiger partial charge in [-0.1, -0.05) is 6.07 Å². The summed E-state index contributed by atoms with van der Waals surface area (Å²) in [4.78, 5) is 40.1. The third-order valence-electron chi connectivity index (χ3n) is 4.05. The van der Waals surface area contributed by atoms with Crippen LogP contribution in [0.4, 0.5) is 5.69 Å². The Morgan fingerprint density at radius 1 is 1.03 bits per heavy atom. The molecule has 160 valence electrons. The smallest absolute Gasteiger partial charge is 0.338 e. The molecule has 8 nitrogen and oxygen atoms in total. The van der Waals surface area contributed by atoms with Gasteiger partial charge < -0.3 is 19.5 Å². The lowest BCUT2D eigenvalue weighted by atomic mass is 10.2. The molecule has 1 heterocycles. The molecule has 2 aromatic carbocycles. The fourth-order valence-electron chi connectivity index (χ4n) is 2.57. The Morgan fingerprint density at radius 2 is 1.81 bits per heavy atom. The molecular formula is C22H20N2O6S. The average Bonchev–Trinajstić information content (AvgIpc) is 3.21. The highest BCUT2D eigenvalue weighted by atomic mass is 32.1. The van der Waals surface area contributed by atoms with Crippen molar-refractivity contribution in [1.29, 1.82) is 0 Å². The Bertz CT molecular complexity index is 1080. The number of ether oxygens (including phenoxy) is 3. The lowest BCUT2D eigenvalue weighted by Crippen LogP contribution is -2.21. The van der Waals surface area contributed by atoms with Gasteiger partial charge in [-0.2, -0.15) is 0 Å². The van der Waals surface area contributed by atoms with E-state index in [2.05, 4.69) is 15.0 Å². The van der Waals surface area contributed by atoms with Crippen LogP contribution in [0.2, 0.25) is 0 Å². The molecule has 0 spiro atoms.